The number of aryl methyl sites for hydroxylation is 1. The van der Waals surface area contributed by atoms with E-state index >= 15 is 0 Å². The Bertz CT molecular complexity index is 726. The summed E-state index contributed by atoms with van der Waals surface area (Å²) >= 11 is 0. The van der Waals surface area contributed by atoms with Gasteiger partial charge in [0.2, 0.25) is 0 Å². The average Bonchev–Trinajstić information content (AvgIpc) is 3.05. The van der Waals surface area contributed by atoms with Gasteiger partial charge in [0.05, 0.1) is 6.20 Å². The number of carbonyl (C=O) groups excluding carboxylic acids is 1. The van der Waals surface area contributed by atoms with E-state index in [4.69, 9.17) is 0 Å². The lowest BCUT2D eigenvalue weighted by Gasteiger charge is -2.05. The zero-order valence-corrected chi connectivity index (χ0v) is 10.5. The van der Waals surface area contributed by atoms with Crippen LogP contribution >= 0.6 is 0 Å². The van der Waals surface area contributed by atoms with E-state index in [0.717, 1.165) is 22.9 Å². The lowest BCUT2D eigenvalue weighted by Crippen LogP contribution is -2.13. The second-order valence-electron chi connectivity index (χ2n) is 4.36. The molecule has 1 aromatic carbocycles. The Labute approximate surface area is 110 Å². The highest BCUT2D eigenvalue weighted by atomic mass is 16.1. The van der Waals surface area contributed by atoms with Crippen molar-refractivity contribution in [1.82, 2.24) is 15.2 Å². The number of nitrogens with one attached hydrogen (secondary N) is 3. The van der Waals surface area contributed by atoms with Crippen molar-refractivity contribution in [2.75, 3.05) is 5.32 Å². The molecular weight excluding hydrogens is 240 g/mol. The predicted molar refractivity (Wildman–Crippen MR) is 74.2 cm³/mol. The molecule has 3 rings (SSSR count). The largest absolute Gasteiger partial charge is 0.361 e. The maximum Gasteiger partial charge on any atom is 0.256 e. The maximum absolute atomic E-state index is 12.2. The first-order valence-corrected chi connectivity index (χ1v) is 6.18. The normalized spacial score (nSPS) is 10.8. The second-order valence-corrected chi connectivity index (χ2v) is 4.36. The summed E-state index contributed by atoms with van der Waals surface area (Å²) in [5, 5.41) is 10.7. The smallest absolute Gasteiger partial charge is 0.256 e. The first kappa shape index (κ1) is 11.5. The van der Waals surface area contributed by atoms with E-state index in [-0.39, 0.29) is 5.91 Å². The molecule has 0 radical (unpaired) electrons. The van der Waals surface area contributed by atoms with Crippen molar-refractivity contribution in [3.63, 3.8) is 0 Å². The highest BCUT2D eigenvalue weighted by Crippen LogP contribution is 2.16. The van der Waals surface area contributed by atoms with Crippen molar-refractivity contribution in [2.45, 2.75) is 13.3 Å². The summed E-state index contributed by atoms with van der Waals surface area (Å²) in [7, 11) is 0. The van der Waals surface area contributed by atoms with Crippen LogP contribution in [0.2, 0.25) is 0 Å². The molecule has 0 fully saturated rings. The van der Waals surface area contributed by atoms with Crippen LogP contribution in [0.5, 0.6) is 0 Å². The van der Waals surface area contributed by atoms with Crippen molar-refractivity contribution in [3.05, 3.63) is 47.8 Å². The SMILES string of the molecule is CCc1cn[nH]c1NC(=O)c1ccc2cc[nH]c2c1. The minimum absolute atomic E-state index is 0.143. The Morgan fingerprint density at radius 2 is 2.26 bits per heavy atom. The second kappa shape index (κ2) is 4.61. The van der Waals surface area contributed by atoms with Crippen molar-refractivity contribution in [3.8, 4) is 0 Å². The lowest BCUT2D eigenvalue weighted by atomic mass is 10.1. The summed E-state index contributed by atoms with van der Waals surface area (Å²) in [6, 6.07) is 7.55. The van der Waals surface area contributed by atoms with E-state index in [0.29, 0.717) is 11.4 Å². The molecule has 3 N–H and O–H groups in total. The Kier molecular flexibility index (Phi) is 2.79. The fourth-order valence-corrected chi connectivity index (χ4v) is 2.06. The highest BCUT2D eigenvalue weighted by molar-refractivity contribution is 6.06. The van der Waals surface area contributed by atoms with Crippen LogP contribution < -0.4 is 5.32 Å². The molecule has 5 nitrogen and oxygen atoms in total. The highest BCUT2D eigenvalue weighted by Gasteiger charge is 2.10. The fraction of sp³-hybridized carbons (Fsp3) is 0.143. The molecule has 0 aliphatic rings. The van der Waals surface area contributed by atoms with Gasteiger partial charge < -0.3 is 10.3 Å². The van der Waals surface area contributed by atoms with Crippen molar-refractivity contribution >= 4 is 22.6 Å². The number of aromatic amines is 2. The summed E-state index contributed by atoms with van der Waals surface area (Å²) in [6.45, 7) is 2.02. The number of benzene rings is 1. The standard InChI is InChI=1S/C14H14N4O/c1-2-9-8-16-18-13(9)17-14(19)11-4-3-10-5-6-15-12(10)7-11/h3-8,15H,2H2,1H3,(H2,16,17,18,19). The third kappa shape index (κ3) is 2.10. The number of rotatable bonds is 3. The van der Waals surface area contributed by atoms with E-state index in [1.165, 1.54) is 0 Å². The summed E-state index contributed by atoms with van der Waals surface area (Å²) < 4.78 is 0. The molecule has 2 heterocycles. The van der Waals surface area contributed by atoms with Gasteiger partial charge in [-0.1, -0.05) is 13.0 Å². The van der Waals surface area contributed by atoms with Crippen molar-refractivity contribution < 1.29 is 4.79 Å². The van der Waals surface area contributed by atoms with Crippen LogP contribution in [0.1, 0.15) is 22.8 Å². The number of hydrogen-bond donors (Lipinski definition) is 3. The molecule has 0 spiro atoms. The molecule has 0 saturated heterocycles. The molecule has 1 amide bonds. The number of aromatic nitrogens is 3. The molecule has 5 heteroatoms. The summed E-state index contributed by atoms with van der Waals surface area (Å²) in [4.78, 5) is 15.3. The molecule has 0 unspecified atom stereocenters. The molecular formula is C14H14N4O. The van der Waals surface area contributed by atoms with Crippen LogP contribution in [0, 0.1) is 0 Å². The number of nitrogens with zero attached hydrogens (tertiary/aromatic N) is 1. The lowest BCUT2D eigenvalue weighted by molar-refractivity contribution is 0.102. The van der Waals surface area contributed by atoms with Gasteiger partial charge in [0.1, 0.15) is 5.82 Å². The third-order valence-corrected chi connectivity index (χ3v) is 3.15. The minimum Gasteiger partial charge on any atom is -0.361 e. The fourth-order valence-electron chi connectivity index (χ4n) is 2.06. The van der Waals surface area contributed by atoms with Crippen molar-refractivity contribution in [1.29, 1.82) is 0 Å². The molecule has 0 bridgehead atoms. The predicted octanol–water partition coefficient (Wildman–Crippen LogP) is 2.71. The molecule has 0 saturated carbocycles. The number of H-pyrrole nitrogens is 2. The first-order chi connectivity index (χ1) is 9.28. The Morgan fingerprint density at radius 1 is 1.37 bits per heavy atom. The number of hydrogen-bond acceptors (Lipinski definition) is 2. The van der Waals surface area contributed by atoms with E-state index in [1.54, 1.807) is 6.20 Å². The number of fused-ring (bicyclic) bond motifs is 1. The number of anilines is 1. The van der Waals surface area contributed by atoms with E-state index in [9.17, 15) is 4.79 Å². The molecule has 0 aliphatic heterocycles. The van der Waals surface area contributed by atoms with Gasteiger partial charge in [-0.25, -0.2) is 0 Å². The average molecular weight is 254 g/mol. The summed E-state index contributed by atoms with van der Waals surface area (Å²) in [5.41, 5.74) is 2.56. The van der Waals surface area contributed by atoms with E-state index < -0.39 is 0 Å². The van der Waals surface area contributed by atoms with Gasteiger partial charge in [0.25, 0.3) is 5.91 Å². The number of carbonyl (C=O) groups is 1. The van der Waals surface area contributed by atoms with Crippen LogP contribution in [0.3, 0.4) is 0 Å². The van der Waals surface area contributed by atoms with Crippen LogP contribution in [0.15, 0.2) is 36.7 Å². The van der Waals surface area contributed by atoms with Gasteiger partial charge in [-0.2, -0.15) is 5.10 Å². The van der Waals surface area contributed by atoms with E-state index in [1.807, 2.05) is 37.4 Å². The van der Waals surface area contributed by atoms with Crippen LogP contribution in [-0.2, 0) is 6.42 Å². The number of amides is 1. The Balaban J connectivity index is 1.87. The maximum atomic E-state index is 12.2. The van der Waals surface area contributed by atoms with Crippen molar-refractivity contribution in [2.24, 2.45) is 0 Å². The monoisotopic (exact) mass is 254 g/mol. The van der Waals surface area contributed by atoms with Gasteiger partial charge in [-0.3, -0.25) is 9.89 Å². The first-order valence-electron chi connectivity index (χ1n) is 6.18. The molecule has 2 aromatic heterocycles. The molecule has 19 heavy (non-hydrogen) atoms. The van der Waals surface area contributed by atoms with Gasteiger partial charge in [-0.05, 0) is 30.0 Å². The third-order valence-electron chi connectivity index (χ3n) is 3.15. The zero-order chi connectivity index (χ0) is 13.2. The molecule has 0 atom stereocenters. The zero-order valence-electron chi connectivity index (χ0n) is 10.5. The van der Waals surface area contributed by atoms with Crippen LogP contribution in [-0.4, -0.2) is 21.1 Å². The van der Waals surface area contributed by atoms with Crippen LogP contribution in [0.25, 0.3) is 10.9 Å². The Morgan fingerprint density at radius 3 is 3.11 bits per heavy atom. The summed E-state index contributed by atoms with van der Waals surface area (Å²) in [5.74, 6) is 0.523. The van der Waals surface area contributed by atoms with E-state index in [2.05, 4.69) is 20.5 Å². The molecule has 0 aliphatic carbocycles. The van der Waals surface area contributed by atoms with Crippen LogP contribution in [0.4, 0.5) is 5.82 Å². The quantitative estimate of drug-likeness (QED) is 0.672. The van der Waals surface area contributed by atoms with Gasteiger partial charge in [0.15, 0.2) is 0 Å². The Hall–Kier alpha value is -2.56. The topological polar surface area (TPSA) is 73.6 Å². The summed E-state index contributed by atoms with van der Waals surface area (Å²) in [6.07, 6.45) is 4.40. The minimum atomic E-state index is -0.143. The van der Waals surface area contributed by atoms with Gasteiger partial charge in [-0.15, -0.1) is 0 Å². The molecule has 96 valence electrons. The van der Waals surface area contributed by atoms with Gasteiger partial charge in [0, 0.05) is 22.8 Å². The molecule has 3 aromatic rings. The van der Waals surface area contributed by atoms with Gasteiger partial charge >= 0.3 is 0 Å².